The number of benzene rings is 1. The van der Waals surface area contributed by atoms with E-state index in [0.29, 0.717) is 5.41 Å². The van der Waals surface area contributed by atoms with Gasteiger partial charge in [-0.3, -0.25) is 0 Å². The lowest BCUT2D eigenvalue weighted by molar-refractivity contribution is 0.410. The number of ether oxygens (including phenoxy) is 1. The molecule has 0 radical (unpaired) electrons. The highest BCUT2D eigenvalue weighted by atomic mass is 16.5. The van der Waals surface area contributed by atoms with Gasteiger partial charge in [0.05, 0.1) is 7.11 Å². The van der Waals surface area contributed by atoms with E-state index < -0.39 is 0 Å². The van der Waals surface area contributed by atoms with E-state index in [9.17, 15) is 0 Å². The summed E-state index contributed by atoms with van der Waals surface area (Å²) in [6.07, 6.45) is 9.38. The number of rotatable bonds is 2. The standard InChI is InChI=1S/C16H22O/c1-3-12-6-7-14(17-2)13-8-11-16(15(12)13)9-4-5-10-16/h6-7H,3-5,8-11H2,1-2H3. The molecule has 1 aromatic rings. The number of fused-ring (bicyclic) bond motifs is 2. The van der Waals surface area contributed by atoms with E-state index in [1.807, 2.05) is 0 Å². The van der Waals surface area contributed by atoms with Crippen LogP contribution in [0.15, 0.2) is 12.1 Å². The lowest BCUT2D eigenvalue weighted by Gasteiger charge is -2.27. The largest absolute Gasteiger partial charge is 0.496 e. The fourth-order valence-corrected chi connectivity index (χ4v) is 4.11. The molecule has 1 spiro atoms. The quantitative estimate of drug-likeness (QED) is 0.745. The highest BCUT2D eigenvalue weighted by molar-refractivity contribution is 5.53. The van der Waals surface area contributed by atoms with E-state index >= 15 is 0 Å². The van der Waals surface area contributed by atoms with Gasteiger partial charge in [-0.15, -0.1) is 0 Å². The number of methoxy groups -OCH3 is 1. The van der Waals surface area contributed by atoms with Crippen molar-refractivity contribution < 1.29 is 4.74 Å². The van der Waals surface area contributed by atoms with Crippen molar-refractivity contribution in [3.8, 4) is 5.75 Å². The number of aryl methyl sites for hydroxylation is 1. The second-order valence-electron chi connectivity index (χ2n) is 5.62. The summed E-state index contributed by atoms with van der Waals surface area (Å²) in [5.74, 6) is 1.13. The van der Waals surface area contributed by atoms with Crippen LogP contribution in [-0.4, -0.2) is 7.11 Å². The minimum atomic E-state index is 0.523. The molecule has 1 saturated carbocycles. The molecule has 17 heavy (non-hydrogen) atoms. The van der Waals surface area contributed by atoms with Crippen LogP contribution in [0.4, 0.5) is 0 Å². The Morgan fingerprint density at radius 3 is 2.59 bits per heavy atom. The van der Waals surface area contributed by atoms with Crippen LogP contribution in [0.25, 0.3) is 0 Å². The van der Waals surface area contributed by atoms with Crippen LogP contribution in [0.1, 0.15) is 55.7 Å². The second kappa shape index (κ2) is 4.04. The Bertz CT molecular complexity index is 427. The van der Waals surface area contributed by atoms with Gasteiger partial charge in [-0.2, -0.15) is 0 Å². The summed E-state index contributed by atoms with van der Waals surface area (Å²) in [4.78, 5) is 0. The van der Waals surface area contributed by atoms with Gasteiger partial charge in [0.15, 0.2) is 0 Å². The molecule has 1 nitrogen and oxygen atoms in total. The summed E-state index contributed by atoms with van der Waals surface area (Å²) >= 11 is 0. The molecule has 0 atom stereocenters. The van der Waals surface area contributed by atoms with Crippen LogP contribution < -0.4 is 4.74 Å². The molecule has 0 saturated heterocycles. The first-order valence-corrected chi connectivity index (χ1v) is 7.00. The van der Waals surface area contributed by atoms with E-state index in [0.717, 1.165) is 12.2 Å². The highest BCUT2D eigenvalue weighted by Crippen LogP contribution is 2.53. The lowest BCUT2D eigenvalue weighted by Crippen LogP contribution is -2.19. The van der Waals surface area contributed by atoms with Crippen molar-refractivity contribution in [2.45, 2.75) is 57.3 Å². The molecule has 0 heterocycles. The Morgan fingerprint density at radius 2 is 1.94 bits per heavy atom. The van der Waals surface area contributed by atoms with Gasteiger partial charge < -0.3 is 4.74 Å². The number of hydrogen-bond acceptors (Lipinski definition) is 1. The van der Waals surface area contributed by atoms with Crippen LogP contribution in [0.5, 0.6) is 5.75 Å². The Morgan fingerprint density at radius 1 is 1.18 bits per heavy atom. The van der Waals surface area contributed by atoms with E-state index in [2.05, 4.69) is 19.1 Å². The predicted molar refractivity (Wildman–Crippen MR) is 70.8 cm³/mol. The molecule has 2 aliphatic rings. The van der Waals surface area contributed by atoms with E-state index in [4.69, 9.17) is 4.74 Å². The molecule has 1 fully saturated rings. The van der Waals surface area contributed by atoms with Crippen molar-refractivity contribution in [1.29, 1.82) is 0 Å². The Balaban J connectivity index is 2.17. The van der Waals surface area contributed by atoms with Crippen LogP contribution in [0.2, 0.25) is 0 Å². The zero-order valence-corrected chi connectivity index (χ0v) is 11.0. The summed E-state index contributed by atoms with van der Waals surface area (Å²) in [6, 6.07) is 4.47. The molecule has 0 N–H and O–H groups in total. The van der Waals surface area contributed by atoms with Crippen molar-refractivity contribution in [3.05, 3.63) is 28.8 Å². The highest BCUT2D eigenvalue weighted by Gasteiger charge is 2.43. The SMILES string of the molecule is CCc1ccc(OC)c2c1C1(CCCC1)CC2. The molecular weight excluding hydrogens is 208 g/mol. The predicted octanol–water partition coefficient (Wildman–Crippen LogP) is 4.02. The first-order valence-electron chi connectivity index (χ1n) is 7.00. The zero-order valence-electron chi connectivity index (χ0n) is 11.0. The fourth-order valence-electron chi connectivity index (χ4n) is 4.11. The normalized spacial score (nSPS) is 20.8. The summed E-state index contributed by atoms with van der Waals surface area (Å²) in [5.41, 5.74) is 5.29. The molecule has 0 aliphatic heterocycles. The van der Waals surface area contributed by atoms with E-state index in [-0.39, 0.29) is 0 Å². The van der Waals surface area contributed by atoms with Gasteiger partial charge in [-0.25, -0.2) is 0 Å². The van der Waals surface area contributed by atoms with Gasteiger partial charge >= 0.3 is 0 Å². The van der Waals surface area contributed by atoms with Crippen molar-refractivity contribution in [2.24, 2.45) is 0 Å². The molecule has 92 valence electrons. The summed E-state index contributed by atoms with van der Waals surface area (Å²) in [7, 11) is 1.81. The minimum Gasteiger partial charge on any atom is -0.496 e. The summed E-state index contributed by atoms with van der Waals surface area (Å²) in [6.45, 7) is 2.28. The molecule has 0 aromatic heterocycles. The van der Waals surface area contributed by atoms with Gasteiger partial charge in [-0.1, -0.05) is 25.8 Å². The Kier molecular flexibility index (Phi) is 2.65. The van der Waals surface area contributed by atoms with E-state index in [1.165, 1.54) is 44.1 Å². The van der Waals surface area contributed by atoms with Crippen LogP contribution >= 0.6 is 0 Å². The summed E-state index contributed by atoms with van der Waals surface area (Å²) in [5, 5.41) is 0. The van der Waals surface area contributed by atoms with Crippen molar-refractivity contribution >= 4 is 0 Å². The van der Waals surface area contributed by atoms with Crippen LogP contribution in [0.3, 0.4) is 0 Å². The average Bonchev–Trinajstić information content (AvgIpc) is 2.98. The molecule has 0 amide bonds. The smallest absolute Gasteiger partial charge is 0.122 e. The van der Waals surface area contributed by atoms with Gasteiger partial charge in [0.1, 0.15) is 5.75 Å². The average molecular weight is 230 g/mol. The molecule has 1 heteroatoms. The third-order valence-corrected chi connectivity index (χ3v) is 4.90. The van der Waals surface area contributed by atoms with Crippen molar-refractivity contribution in [1.82, 2.24) is 0 Å². The molecular formula is C16H22O. The van der Waals surface area contributed by atoms with Gasteiger partial charge in [0.25, 0.3) is 0 Å². The van der Waals surface area contributed by atoms with Gasteiger partial charge in [0, 0.05) is 0 Å². The molecule has 0 bridgehead atoms. The minimum absolute atomic E-state index is 0.523. The maximum atomic E-state index is 5.56. The van der Waals surface area contributed by atoms with E-state index in [1.54, 1.807) is 18.2 Å². The first-order chi connectivity index (χ1) is 8.30. The molecule has 0 unspecified atom stereocenters. The first kappa shape index (κ1) is 11.1. The van der Waals surface area contributed by atoms with Crippen LogP contribution in [-0.2, 0) is 18.3 Å². The Labute approximate surface area is 104 Å². The lowest BCUT2D eigenvalue weighted by atomic mass is 9.77. The maximum absolute atomic E-state index is 5.56. The second-order valence-corrected chi connectivity index (χ2v) is 5.62. The topological polar surface area (TPSA) is 9.23 Å². The molecule has 1 aromatic carbocycles. The van der Waals surface area contributed by atoms with Gasteiger partial charge in [0.2, 0.25) is 0 Å². The molecule has 2 aliphatic carbocycles. The van der Waals surface area contributed by atoms with Gasteiger partial charge in [-0.05, 0) is 60.3 Å². The van der Waals surface area contributed by atoms with Crippen molar-refractivity contribution in [2.75, 3.05) is 7.11 Å². The fraction of sp³-hybridized carbons (Fsp3) is 0.625. The van der Waals surface area contributed by atoms with Crippen LogP contribution in [0, 0.1) is 0 Å². The zero-order chi connectivity index (χ0) is 11.9. The third kappa shape index (κ3) is 1.51. The number of hydrogen-bond donors (Lipinski definition) is 0. The summed E-state index contributed by atoms with van der Waals surface area (Å²) < 4.78 is 5.56. The molecule has 3 rings (SSSR count). The Hall–Kier alpha value is -0.980. The van der Waals surface area contributed by atoms with Crippen molar-refractivity contribution in [3.63, 3.8) is 0 Å². The monoisotopic (exact) mass is 230 g/mol. The third-order valence-electron chi connectivity index (χ3n) is 4.90. The maximum Gasteiger partial charge on any atom is 0.122 e.